The minimum absolute atomic E-state index is 0.0331. The first-order chi connectivity index (χ1) is 7.20. The van der Waals surface area contributed by atoms with E-state index in [1.165, 1.54) is 11.8 Å². The van der Waals surface area contributed by atoms with E-state index in [1.54, 1.807) is 4.90 Å². The number of hydrogen-bond donors (Lipinski definition) is 2. The summed E-state index contributed by atoms with van der Waals surface area (Å²) < 4.78 is 5.28. The van der Waals surface area contributed by atoms with Gasteiger partial charge in [0.25, 0.3) is 0 Å². The maximum absolute atomic E-state index is 11.5. The van der Waals surface area contributed by atoms with E-state index in [9.17, 15) is 4.79 Å². The fourth-order valence-electron chi connectivity index (χ4n) is 1.54. The minimum atomic E-state index is -0.307. The van der Waals surface area contributed by atoms with Crippen molar-refractivity contribution in [3.63, 3.8) is 0 Å². The van der Waals surface area contributed by atoms with Gasteiger partial charge in [-0.05, 0) is 0 Å². The molecule has 0 aromatic heterocycles. The third-order valence-corrected chi connectivity index (χ3v) is 3.62. The highest BCUT2D eigenvalue weighted by Gasteiger charge is 2.34. The predicted molar refractivity (Wildman–Crippen MR) is 56.5 cm³/mol. The second kappa shape index (κ2) is 4.38. The summed E-state index contributed by atoms with van der Waals surface area (Å²) in [5.41, 5.74) is 5.23. The summed E-state index contributed by atoms with van der Waals surface area (Å²) in [5, 5.41) is 8.84. The zero-order valence-corrected chi connectivity index (χ0v) is 8.94. The molecule has 2 rings (SSSR count). The molecule has 15 heavy (non-hydrogen) atoms. The van der Waals surface area contributed by atoms with E-state index in [0.717, 1.165) is 0 Å². The number of nitrogens with zero attached hydrogens (tertiary/aromatic N) is 2. The van der Waals surface area contributed by atoms with Gasteiger partial charge in [0.2, 0.25) is 0 Å². The highest BCUT2D eigenvalue weighted by Crippen LogP contribution is 2.30. The van der Waals surface area contributed by atoms with E-state index in [4.69, 9.17) is 15.6 Å². The van der Waals surface area contributed by atoms with Gasteiger partial charge >= 0.3 is 6.03 Å². The summed E-state index contributed by atoms with van der Waals surface area (Å²) in [6, 6.07) is -0.307. The van der Waals surface area contributed by atoms with Crippen molar-refractivity contribution in [3.05, 3.63) is 0 Å². The number of carbonyl (C=O) groups excluding carboxylic acids is 1. The van der Waals surface area contributed by atoms with Gasteiger partial charge in [0.1, 0.15) is 16.6 Å². The quantitative estimate of drug-likeness (QED) is 0.673. The Hall–Kier alpha value is -0.790. The van der Waals surface area contributed by atoms with Crippen LogP contribution < -0.4 is 5.73 Å². The number of amidine groups is 1. The molecule has 0 bridgehead atoms. The van der Waals surface area contributed by atoms with Crippen LogP contribution in [0.4, 0.5) is 4.79 Å². The lowest BCUT2D eigenvalue weighted by molar-refractivity contribution is 0.0724. The van der Waals surface area contributed by atoms with E-state index in [0.29, 0.717) is 25.4 Å². The molecule has 2 aliphatic heterocycles. The van der Waals surface area contributed by atoms with Gasteiger partial charge in [-0.15, -0.1) is 11.8 Å². The van der Waals surface area contributed by atoms with Gasteiger partial charge in [-0.3, -0.25) is 0 Å². The summed E-state index contributed by atoms with van der Waals surface area (Å²) in [7, 11) is 0. The lowest BCUT2D eigenvalue weighted by atomic mass is 10.3. The molecule has 0 aromatic carbocycles. The van der Waals surface area contributed by atoms with E-state index in [1.807, 2.05) is 0 Å². The van der Waals surface area contributed by atoms with Gasteiger partial charge in [0.05, 0.1) is 13.2 Å². The maximum atomic E-state index is 11.5. The third kappa shape index (κ3) is 2.24. The Labute approximate surface area is 91.5 Å². The average molecular weight is 231 g/mol. The van der Waals surface area contributed by atoms with Crippen LogP contribution in [0.1, 0.15) is 6.42 Å². The first kappa shape index (κ1) is 10.7. The minimum Gasteiger partial charge on any atom is -0.393 e. The second-order valence-electron chi connectivity index (χ2n) is 3.37. The van der Waals surface area contributed by atoms with Crippen molar-refractivity contribution in [2.75, 3.05) is 19.8 Å². The summed E-state index contributed by atoms with van der Waals surface area (Å²) in [4.78, 5) is 16.9. The molecule has 84 valence electrons. The average Bonchev–Trinajstić information content (AvgIpc) is 2.66. The standard InChI is InChI=1S/C8H13N3O3S/c9-5-1-2-11(8(13)10-5)6-4-14-7(3-12)15-6/h6-7,12H,1-4H2,(H2,9,10,13)/t6?,7-/m0/s1. The largest absolute Gasteiger partial charge is 0.393 e. The number of urea groups is 1. The first-order valence-electron chi connectivity index (χ1n) is 4.72. The molecule has 2 aliphatic rings. The topological polar surface area (TPSA) is 88.2 Å². The Kier molecular flexibility index (Phi) is 3.13. The normalized spacial score (nSPS) is 31.9. The molecule has 2 atom stereocenters. The molecule has 0 saturated carbocycles. The van der Waals surface area contributed by atoms with E-state index in [2.05, 4.69) is 4.99 Å². The van der Waals surface area contributed by atoms with Gasteiger partial charge < -0.3 is 20.5 Å². The molecule has 6 nitrogen and oxygen atoms in total. The molecule has 7 heteroatoms. The molecular formula is C8H13N3O3S. The van der Waals surface area contributed by atoms with Gasteiger partial charge in [0, 0.05) is 13.0 Å². The van der Waals surface area contributed by atoms with Crippen molar-refractivity contribution in [2.24, 2.45) is 10.7 Å². The Morgan fingerprint density at radius 2 is 2.53 bits per heavy atom. The van der Waals surface area contributed by atoms with Crippen LogP contribution in [0.25, 0.3) is 0 Å². The van der Waals surface area contributed by atoms with Gasteiger partial charge in [-0.2, -0.15) is 4.99 Å². The van der Waals surface area contributed by atoms with E-state index >= 15 is 0 Å². The number of nitrogens with two attached hydrogens (primary N) is 1. The molecule has 0 radical (unpaired) electrons. The SMILES string of the molecule is NC1=NC(=O)N(C2CO[C@H](CO)S2)CC1. The van der Waals surface area contributed by atoms with Crippen LogP contribution in [-0.2, 0) is 4.74 Å². The highest BCUT2D eigenvalue weighted by molar-refractivity contribution is 8.00. The fraction of sp³-hybridized carbons (Fsp3) is 0.750. The van der Waals surface area contributed by atoms with Crippen molar-refractivity contribution < 1.29 is 14.6 Å². The van der Waals surface area contributed by atoms with Crippen molar-refractivity contribution in [2.45, 2.75) is 17.2 Å². The molecule has 2 heterocycles. The molecule has 1 saturated heterocycles. The molecule has 0 spiro atoms. The predicted octanol–water partition coefficient (Wildman–Crippen LogP) is -0.423. The number of carbonyl (C=O) groups is 1. The summed E-state index contributed by atoms with van der Waals surface area (Å²) in [5.74, 6) is 0.388. The number of aliphatic hydroxyl groups excluding tert-OH is 1. The third-order valence-electron chi connectivity index (χ3n) is 2.32. The van der Waals surface area contributed by atoms with Crippen LogP contribution in [-0.4, -0.2) is 52.4 Å². The van der Waals surface area contributed by atoms with E-state index in [-0.39, 0.29) is 23.4 Å². The monoisotopic (exact) mass is 231 g/mol. The first-order valence-corrected chi connectivity index (χ1v) is 5.66. The van der Waals surface area contributed by atoms with Gasteiger partial charge in [-0.1, -0.05) is 0 Å². The van der Waals surface area contributed by atoms with Crippen LogP contribution in [0.2, 0.25) is 0 Å². The van der Waals surface area contributed by atoms with Gasteiger partial charge in [0.15, 0.2) is 0 Å². The number of thioether (sulfide) groups is 1. The van der Waals surface area contributed by atoms with Crippen molar-refractivity contribution in [1.29, 1.82) is 0 Å². The van der Waals surface area contributed by atoms with Crippen LogP contribution in [0, 0.1) is 0 Å². The Morgan fingerprint density at radius 3 is 3.13 bits per heavy atom. The smallest absolute Gasteiger partial charge is 0.346 e. The van der Waals surface area contributed by atoms with Crippen LogP contribution in [0.15, 0.2) is 4.99 Å². The van der Waals surface area contributed by atoms with Gasteiger partial charge in [-0.25, -0.2) is 4.79 Å². The molecule has 0 aliphatic carbocycles. The van der Waals surface area contributed by atoms with E-state index < -0.39 is 0 Å². The number of amides is 2. The molecule has 1 fully saturated rings. The van der Waals surface area contributed by atoms with Crippen LogP contribution >= 0.6 is 11.8 Å². The molecule has 2 amide bonds. The fourth-order valence-corrected chi connectivity index (χ4v) is 2.64. The summed E-state index contributed by atoms with van der Waals surface area (Å²) in [6.07, 6.45) is 0.604. The molecular weight excluding hydrogens is 218 g/mol. The zero-order chi connectivity index (χ0) is 10.8. The lowest BCUT2D eigenvalue weighted by Crippen LogP contribution is -2.43. The van der Waals surface area contributed by atoms with Crippen LogP contribution in [0.5, 0.6) is 0 Å². The number of aliphatic hydroxyl groups is 1. The maximum Gasteiger partial charge on any atom is 0.346 e. The molecule has 0 aromatic rings. The summed E-state index contributed by atoms with van der Waals surface area (Å²) >= 11 is 1.44. The number of ether oxygens (including phenoxy) is 1. The second-order valence-corrected chi connectivity index (χ2v) is 4.71. The Morgan fingerprint density at radius 1 is 1.73 bits per heavy atom. The Balaban J connectivity index is 1.98. The highest BCUT2D eigenvalue weighted by atomic mass is 32.2. The lowest BCUT2D eigenvalue weighted by Gasteiger charge is -2.28. The summed E-state index contributed by atoms with van der Waals surface area (Å²) in [6.45, 7) is 0.985. The number of hydrogen-bond acceptors (Lipinski definition) is 5. The van der Waals surface area contributed by atoms with Crippen molar-refractivity contribution >= 4 is 23.6 Å². The molecule has 3 N–H and O–H groups in total. The number of aliphatic imine (C=N–C) groups is 1. The zero-order valence-electron chi connectivity index (χ0n) is 8.13. The van der Waals surface area contributed by atoms with Crippen LogP contribution in [0.3, 0.4) is 0 Å². The molecule has 1 unspecified atom stereocenters. The van der Waals surface area contributed by atoms with Crippen molar-refractivity contribution in [1.82, 2.24) is 4.90 Å². The Bertz CT molecular complexity index is 297. The number of rotatable bonds is 2. The van der Waals surface area contributed by atoms with Crippen molar-refractivity contribution in [3.8, 4) is 0 Å².